The summed E-state index contributed by atoms with van der Waals surface area (Å²) >= 11 is 11.9. The number of piperidine rings is 1. The summed E-state index contributed by atoms with van der Waals surface area (Å²) in [7, 11) is -3.12. The first-order valence-electron chi connectivity index (χ1n) is 7.11. The van der Waals surface area contributed by atoms with Gasteiger partial charge in [-0.2, -0.15) is 0 Å². The Kier molecular flexibility index (Phi) is 6.35. The van der Waals surface area contributed by atoms with Gasteiger partial charge in [0.1, 0.15) is 12.4 Å². The van der Waals surface area contributed by atoms with Gasteiger partial charge in [0.25, 0.3) is 0 Å². The summed E-state index contributed by atoms with van der Waals surface area (Å²) in [6.07, 6.45) is 2.83. The molecule has 1 N–H and O–H groups in total. The van der Waals surface area contributed by atoms with Crippen LogP contribution in [0.3, 0.4) is 0 Å². The van der Waals surface area contributed by atoms with Gasteiger partial charge in [-0.3, -0.25) is 4.90 Å². The highest BCUT2D eigenvalue weighted by Gasteiger charge is 2.21. The van der Waals surface area contributed by atoms with Crippen LogP contribution in [0.1, 0.15) is 12.8 Å². The van der Waals surface area contributed by atoms with Gasteiger partial charge in [0.05, 0.1) is 11.3 Å². The summed E-state index contributed by atoms with van der Waals surface area (Å²) in [6.45, 7) is 3.02. The minimum Gasteiger partial charge on any atom is -0.491 e. The van der Waals surface area contributed by atoms with Crippen LogP contribution < -0.4 is 9.46 Å². The Bertz CT molecular complexity index is 602. The van der Waals surface area contributed by atoms with Crippen LogP contribution in [0.4, 0.5) is 0 Å². The molecule has 0 unspecified atom stereocenters. The minimum atomic E-state index is -3.12. The van der Waals surface area contributed by atoms with E-state index in [-0.39, 0.29) is 6.04 Å². The number of nitrogens with one attached hydrogen (secondary N) is 1. The number of sulfonamides is 1. The van der Waals surface area contributed by atoms with Crippen LogP contribution >= 0.6 is 23.2 Å². The Morgan fingerprint density at radius 3 is 2.59 bits per heavy atom. The number of benzene rings is 1. The van der Waals surface area contributed by atoms with Crippen molar-refractivity contribution in [2.45, 2.75) is 18.9 Å². The van der Waals surface area contributed by atoms with Gasteiger partial charge >= 0.3 is 0 Å². The number of hydrogen-bond acceptors (Lipinski definition) is 4. The van der Waals surface area contributed by atoms with Crippen LogP contribution in [0.5, 0.6) is 5.75 Å². The van der Waals surface area contributed by atoms with Crippen LogP contribution in [0, 0.1) is 0 Å². The van der Waals surface area contributed by atoms with E-state index < -0.39 is 10.0 Å². The molecule has 0 amide bonds. The van der Waals surface area contributed by atoms with Crippen molar-refractivity contribution in [3.8, 4) is 5.75 Å². The van der Waals surface area contributed by atoms with Crippen LogP contribution in [0.2, 0.25) is 10.0 Å². The van der Waals surface area contributed by atoms with Gasteiger partial charge in [-0.25, -0.2) is 13.1 Å². The molecule has 1 aromatic rings. The number of halogens is 2. The van der Waals surface area contributed by atoms with Crippen molar-refractivity contribution in [1.82, 2.24) is 9.62 Å². The normalized spacial score (nSPS) is 17.6. The number of likely N-dealkylation sites (tertiary alicyclic amines) is 1. The first kappa shape index (κ1) is 17.8. The third-order valence-corrected chi connectivity index (χ3v) is 4.82. The zero-order valence-electron chi connectivity index (χ0n) is 12.4. The lowest BCUT2D eigenvalue weighted by atomic mass is 10.1. The number of ether oxygens (including phenoxy) is 1. The van der Waals surface area contributed by atoms with E-state index in [0.29, 0.717) is 22.4 Å². The minimum absolute atomic E-state index is 0.0397. The molecule has 1 saturated heterocycles. The highest BCUT2D eigenvalue weighted by molar-refractivity contribution is 7.88. The first-order valence-corrected chi connectivity index (χ1v) is 9.76. The Labute approximate surface area is 141 Å². The van der Waals surface area contributed by atoms with E-state index in [9.17, 15) is 8.42 Å². The lowest BCUT2D eigenvalue weighted by molar-refractivity contribution is 0.170. The van der Waals surface area contributed by atoms with Crippen LogP contribution in [0.15, 0.2) is 18.2 Å². The zero-order valence-corrected chi connectivity index (χ0v) is 14.7. The van der Waals surface area contributed by atoms with Crippen molar-refractivity contribution in [3.63, 3.8) is 0 Å². The molecule has 0 radical (unpaired) electrons. The van der Waals surface area contributed by atoms with Gasteiger partial charge in [0, 0.05) is 17.6 Å². The second kappa shape index (κ2) is 7.84. The molecular formula is C14H20Cl2N2O3S. The highest BCUT2D eigenvalue weighted by atomic mass is 35.5. The molecule has 0 spiro atoms. The molecule has 0 aliphatic carbocycles. The summed E-state index contributed by atoms with van der Waals surface area (Å²) < 4.78 is 30.7. The first-order chi connectivity index (χ1) is 10.3. The van der Waals surface area contributed by atoms with E-state index in [1.54, 1.807) is 18.2 Å². The van der Waals surface area contributed by atoms with Gasteiger partial charge in [-0.15, -0.1) is 0 Å². The average molecular weight is 367 g/mol. The van der Waals surface area contributed by atoms with Gasteiger partial charge < -0.3 is 4.74 Å². The van der Waals surface area contributed by atoms with E-state index in [2.05, 4.69) is 9.62 Å². The maximum atomic E-state index is 11.2. The zero-order chi connectivity index (χ0) is 16.2. The number of rotatable bonds is 6. The topological polar surface area (TPSA) is 58.6 Å². The second-order valence-corrected chi connectivity index (χ2v) is 8.05. The van der Waals surface area contributed by atoms with Gasteiger partial charge in [0.15, 0.2) is 0 Å². The molecule has 1 aromatic carbocycles. The number of hydrogen-bond donors (Lipinski definition) is 1. The summed E-state index contributed by atoms with van der Waals surface area (Å²) in [5, 5.41) is 1.08. The predicted octanol–water partition coefficient (Wildman–Crippen LogP) is 2.39. The van der Waals surface area contributed by atoms with E-state index in [0.717, 1.165) is 32.5 Å². The molecule has 1 heterocycles. The van der Waals surface area contributed by atoms with Crippen molar-refractivity contribution in [2.24, 2.45) is 0 Å². The lowest BCUT2D eigenvalue weighted by Crippen LogP contribution is -2.45. The molecule has 5 nitrogen and oxygen atoms in total. The summed E-state index contributed by atoms with van der Waals surface area (Å²) in [4.78, 5) is 2.25. The maximum Gasteiger partial charge on any atom is 0.208 e. The fourth-order valence-electron chi connectivity index (χ4n) is 2.45. The maximum absolute atomic E-state index is 11.2. The number of nitrogens with zero attached hydrogens (tertiary/aromatic N) is 1. The van der Waals surface area contributed by atoms with Crippen LogP contribution in [-0.4, -0.2) is 51.9 Å². The molecule has 0 saturated carbocycles. The standard InChI is InChI=1S/C14H20Cl2N2O3S/c1-22(19,20)17-12-4-6-18(7-5-12)8-9-21-14-3-2-11(15)10-13(14)16/h2-3,10,12,17H,4-9H2,1H3. The SMILES string of the molecule is CS(=O)(=O)NC1CCN(CCOc2ccc(Cl)cc2Cl)CC1. The summed E-state index contributed by atoms with van der Waals surface area (Å²) in [5.74, 6) is 0.625. The van der Waals surface area contributed by atoms with Crippen molar-refractivity contribution in [1.29, 1.82) is 0 Å². The molecule has 22 heavy (non-hydrogen) atoms. The third kappa shape index (κ3) is 5.93. The van der Waals surface area contributed by atoms with E-state index >= 15 is 0 Å². The molecule has 1 aliphatic rings. The molecule has 0 bridgehead atoms. The van der Waals surface area contributed by atoms with Crippen molar-refractivity contribution in [2.75, 3.05) is 32.5 Å². The van der Waals surface area contributed by atoms with Crippen molar-refractivity contribution in [3.05, 3.63) is 28.2 Å². The molecule has 1 fully saturated rings. The van der Waals surface area contributed by atoms with E-state index in [1.807, 2.05) is 0 Å². The van der Waals surface area contributed by atoms with Gasteiger partial charge in [-0.05, 0) is 44.1 Å². The fourth-order valence-corrected chi connectivity index (χ4v) is 3.76. The Hall–Kier alpha value is -0.530. The smallest absolute Gasteiger partial charge is 0.208 e. The average Bonchev–Trinajstić information content (AvgIpc) is 2.41. The molecule has 2 rings (SSSR count). The van der Waals surface area contributed by atoms with Crippen molar-refractivity contribution >= 4 is 33.2 Å². The molecule has 124 valence electrons. The summed E-state index contributed by atoms with van der Waals surface area (Å²) in [5.41, 5.74) is 0. The highest BCUT2D eigenvalue weighted by Crippen LogP contribution is 2.27. The van der Waals surface area contributed by atoms with Gasteiger partial charge in [0.2, 0.25) is 10.0 Å². The van der Waals surface area contributed by atoms with E-state index in [1.165, 1.54) is 6.26 Å². The third-order valence-electron chi connectivity index (χ3n) is 3.53. The van der Waals surface area contributed by atoms with Crippen LogP contribution in [-0.2, 0) is 10.0 Å². The van der Waals surface area contributed by atoms with Gasteiger partial charge in [-0.1, -0.05) is 23.2 Å². The fraction of sp³-hybridized carbons (Fsp3) is 0.571. The van der Waals surface area contributed by atoms with E-state index in [4.69, 9.17) is 27.9 Å². The monoisotopic (exact) mass is 366 g/mol. The largest absolute Gasteiger partial charge is 0.491 e. The Morgan fingerprint density at radius 2 is 2.00 bits per heavy atom. The Balaban J connectivity index is 1.71. The second-order valence-electron chi connectivity index (χ2n) is 5.43. The summed E-state index contributed by atoms with van der Waals surface area (Å²) in [6, 6.07) is 5.19. The molecule has 1 aliphatic heterocycles. The van der Waals surface area contributed by atoms with Crippen molar-refractivity contribution < 1.29 is 13.2 Å². The Morgan fingerprint density at radius 1 is 1.32 bits per heavy atom. The van der Waals surface area contributed by atoms with Crippen LogP contribution in [0.25, 0.3) is 0 Å². The molecule has 0 atom stereocenters. The molecule has 8 heteroatoms. The quantitative estimate of drug-likeness (QED) is 0.839. The molecular weight excluding hydrogens is 347 g/mol. The lowest BCUT2D eigenvalue weighted by Gasteiger charge is -2.31. The predicted molar refractivity (Wildman–Crippen MR) is 89.4 cm³/mol. The molecule has 0 aromatic heterocycles.